The summed E-state index contributed by atoms with van der Waals surface area (Å²) < 4.78 is 69.6. The molecule has 2 aromatic rings. The highest BCUT2D eigenvalue weighted by molar-refractivity contribution is 5.95. The normalized spacial score (nSPS) is 12.1. The van der Waals surface area contributed by atoms with Crippen LogP contribution < -0.4 is 15.8 Å². The van der Waals surface area contributed by atoms with Crippen molar-refractivity contribution in [3.63, 3.8) is 0 Å². The van der Waals surface area contributed by atoms with E-state index in [0.717, 1.165) is 18.2 Å². The minimum Gasteiger partial charge on any atom is -0.434 e. The van der Waals surface area contributed by atoms with Gasteiger partial charge < -0.3 is 20.9 Å². The SMILES string of the molecule is Nc1ncc(C#Cc2cc(C(=O)NC(CO)CCOC(F)(F)F)ccc2OC(F)F)cn1. The number of hydrogen-bond donors (Lipinski definition) is 3. The number of carbonyl (C=O) groups excluding carboxylic acids is 1. The lowest BCUT2D eigenvalue weighted by molar-refractivity contribution is -0.325. The van der Waals surface area contributed by atoms with Crippen molar-refractivity contribution in [2.75, 3.05) is 18.9 Å². The number of nitrogens with zero attached hydrogens (tertiary/aromatic N) is 2. The van der Waals surface area contributed by atoms with Crippen LogP contribution in [0.15, 0.2) is 30.6 Å². The van der Waals surface area contributed by atoms with Crippen LogP contribution in [-0.4, -0.2) is 53.2 Å². The highest BCUT2D eigenvalue weighted by Gasteiger charge is 2.29. The van der Waals surface area contributed by atoms with Crippen molar-refractivity contribution < 1.29 is 41.3 Å². The first-order chi connectivity index (χ1) is 15.1. The van der Waals surface area contributed by atoms with E-state index < -0.39 is 38.1 Å². The van der Waals surface area contributed by atoms with Gasteiger partial charge in [-0.05, 0) is 24.6 Å². The standard InChI is InChI=1S/C19H17F5N4O4/c20-17(21)32-15-4-3-13(7-12(15)2-1-11-8-26-18(25)27-9-11)16(30)28-14(10-29)5-6-31-19(22,23)24/h3-4,7-9,14,17,29H,5-6,10H2,(H,28,30)(H2,25,26,27). The first kappa shape index (κ1) is 24.8. The second-order valence-corrected chi connectivity index (χ2v) is 6.11. The van der Waals surface area contributed by atoms with Crippen LogP contribution in [0.25, 0.3) is 0 Å². The Kier molecular flexibility index (Phi) is 8.68. The van der Waals surface area contributed by atoms with E-state index in [1.165, 1.54) is 12.4 Å². The summed E-state index contributed by atoms with van der Waals surface area (Å²) >= 11 is 0. The lowest BCUT2D eigenvalue weighted by atomic mass is 10.1. The number of rotatable bonds is 8. The number of aliphatic hydroxyl groups is 1. The third kappa shape index (κ3) is 8.32. The number of alkyl halides is 5. The molecule has 1 aromatic carbocycles. The minimum atomic E-state index is -4.84. The van der Waals surface area contributed by atoms with Crippen LogP contribution in [0.1, 0.15) is 27.9 Å². The lowest BCUT2D eigenvalue weighted by Crippen LogP contribution is -2.38. The lowest BCUT2D eigenvalue weighted by Gasteiger charge is -2.17. The Hall–Kier alpha value is -3.50. The number of nitrogens with one attached hydrogen (secondary N) is 1. The van der Waals surface area contributed by atoms with Crippen molar-refractivity contribution >= 4 is 11.9 Å². The van der Waals surface area contributed by atoms with Gasteiger partial charge in [-0.1, -0.05) is 11.8 Å². The van der Waals surface area contributed by atoms with E-state index in [1.807, 2.05) is 0 Å². The van der Waals surface area contributed by atoms with Gasteiger partial charge in [-0.15, -0.1) is 13.2 Å². The summed E-state index contributed by atoms with van der Waals surface area (Å²) in [4.78, 5) is 19.9. The van der Waals surface area contributed by atoms with Crippen LogP contribution in [0.2, 0.25) is 0 Å². The second kappa shape index (κ2) is 11.2. The molecule has 0 saturated heterocycles. The van der Waals surface area contributed by atoms with Crippen molar-refractivity contribution in [2.24, 2.45) is 0 Å². The van der Waals surface area contributed by atoms with Gasteiger partial charge in [-0.3, -0.25) is 9.53 Å². The number of amides is 1. The Balaban J connectivity index is 2.19. The zero-order valence-electron chi connectivity index (χ0n) is 16.2. The molecule has 4 N–H and O–H groups in total. The zero-order valence-corrected chi connectivity index (χ0v) is 16.2. The minimum absolute atomic E-state index is 0.00927. The number of anilines is 1. The molecule has 8 nitrogen and oxygen atoms in total. The summed E-state index contributed by atoms with van der Waals surface area (Å²) in [5.41, 5.74) is 5.55. The van der Waals surface area contributed by atoms with Crippen LogP contribution in [0, 0.1) is 11.8 Å². The maximum Gasteiger partial charge on any atom is 0.522 e. The van der Waals surface area contributed by atoms with Crippen molar-refractivity contribution in [2.45, 2.75) is 25.4 Å². The monoisotopic (exact) mass is 460 g/mol. The summed E-state index contributed by atoms with van der Waals surface area (Å²) in [7, 11) is 0. The number of aliphatic hydroxyl groups excluding tert-OH is 1. The molecule has 0 aliphatic heterocycles. The van der Waals surface area contributed by atoms with Gasteiger partial charge in [-0.2, -0.15) is 8.78 Å². The third-order valence-electron chi connectivity index (χ3n) is 3.76. The van der Waals surface area contributed by atoms with Crippen molar-refractivity contribution in [1.82, 2.24) is 15.3 Å². The highest BCUT2D eigenvalue weighted by atomic mass is 19.4. The molecule has 172 valence electrons. The van der Waals surface area contributed by atoms with Crippen LogP contribution in [-0.2, 0) is 4.74 Å². The van der Waals surface area contributed by atoms with E-state index in [0.29, 0.717) is 5.56 Å². The Morgan fingerprint density at radius 1 is 1.22 bits per heavy atom. The molecule has 0 aliphatic carbocycles. The molecular formula is C19H17F5N4O4. The van der Waals surface area contributed by atoms with Gasteiger partial charge in [0.2, 0.25) is 5.95 Å². The second-order valence-electron chi connectivity index (χ2n) is 6.11. The number of nitrogens with two attached hydrogens (primary N) is 1. The topological polar surface area (TPSA) is 120 Å². The van der Waals surface area contributed by atoms with Gasteiger partial charge >= 0.3 is 13.0 Å². The van der Waals surface area contributed by atoms with Crippen molar-refractivity contribution in [3.8, 4) is 17.6 Å². The predicted molar refractivity (Wildman–Crippen MR) is 100 cm³/mol. The molecule has 1 atom stereocenters. The highest BCUT2D eigenvalue weighted by Crippen LogP contribution is 2.22. The summed E-state index contributed by atoms with van der Waals surface area (Å²) in [5.74, 6) is 4.10. The predicted octanol–water partition coefficient (Wildman–Crippen LogP) is 2.08. The Labute approximate surface area is 178 Å². The number of hydrogen-bond acceptors (Lipinski definition) is 7. The van der Waals surface area contributed by atoms with Gasteiger partial charge in [0.25, 0.3) is 5.91 Å². The van der Waals surface area contributed by atoms with Crippen LogP contribution in [0.3, 0.4) is 0 Å². The first-order valence-electron chi connectivity index (χ1n) is 8.88. The van der Waals surface area contributed by atoms with E-state index >= 15 is 0 Å². The number of aromatic nitrogens is 2. The molecule has 2 rings (SSSR count). The fourth-order valence-electron chi connectivity index (χ4n) is 2.30. The number of ether oxygens (including phenoxy) is 2. The molecular weight excluding hydrogens is 443 g/mol. The number of nitrogen functional groups attached to an aromatic ring is 1. The summed E-state index contributed by atoms with van der Waals surface area (Å²) in [6.07, 6.45) is -2.56. The zero-order chi connectivity index (χ0) is 23.7. The smallest absolute Gasteiger partial charge is 0.434 e. The van der Waals surface area contributed by atoms with E-state index in [9.17, 15) is 31.9 Å². The molecule has 13 heteroatoms. The van der Waals surface area contributed by atoms with Crippen molar-refractivity contribution in [1.29, 1.82) is 0 Å². The van der Waals surface area contributed by atoms with E-state index in [4.69, 9.17) is 5.73 Å². The van der Waals surface area contributed by atoms with E-state index in [-0.39, 0.29) is 29.2 Å². The Morgan fingerprint density at radius 2 is 1.91 bits per heavy atom. The maximum absolute atomic E-state index is 12.7. The van der Waals surface area contributed by atoms with Crippen LogP contribution >= 0.6 is 0 Å². The number of carbonyl (C=O) groups is 1. The van der Waals surface area contributed by atoms with Gasteiger partial charge in [0.05, 0.1) is 30.4 Å². The number of benzene rings is 1. The summed E-state index contributed by atoms with van der Waals surface area (Å²) in [5, 5.41) is 11.6. The van der Waals surface area contributed by atoms with Crippen LogP contribution in [0.4, 0.5) is 27.9 Å². The van der Waals surface area contributed by atoms with Gasteiger partial charge in [0, 0.05) is 18.0 Å². The molecule has 0 bridgehead atoms. The molecule has 0 spiro atoms. The van der Waals surface area contributed by atoms with Crippen molar-refractivity contribution in [3.05, 3.63) is 47.3 Å². The summed E-state index contributed by atoms with van der Waals surface area (Å²) in [6.45, 7) is -4.58. The van der Waals surface area contributed by atoms with Gasteiger partial charge in [-0.25, -0.2) is 9.97 Å². The van der Waals surface area contributed by atoms with E-state index in [2.05, 4.69) is 36.6 Å². The molecule has 1 aromatic heterocycles. The maximum atomic E-state index is 12.7. The molecule has 1 heterocycles. The molecule has 0 radical (unpaired) electrons. The number of halogens is 5. The molecule has 32 heavy (non-hydrogen) atoms. The van der Waals surface area contributed by atoms with Crippen LogP contribution in [0.5, 0.6) is 5.75 Å². The van der Waals surface area contributed by atoms with Gasteiger partial charge in [0.1, 0.15) is 5.75 Å². The molecule has 0 fully saturated rings. The average Bonchev–Trinajstić information content (AvgIpc) is 2.72. The largest absolute Gasteiger partial charge is 0.522 e. The Bertz CT molecular complexity index is 974. The first-order valence-corrected chi connectivity index (χ1v) is 8.88. The average molecular weight is 460 g/mol. The van der Waals surface area contributed by atoms with Gasteiger partial charge in [0.15, 0.2) is 0 Å². The fourth-order valence-corrected chi connectivity index (χ4v) is 2.30. The fraction of sp³-hybridized carbons (Fsp3) is 0.316. The molecule has 1 unspecified atom stereocenters. The Morgan fingerprint density at radius 3 is 2.50 bits per heavy atom. The molecule has 1 amide bonds. The third-order valence-corrected chi connectivity index (χ3v) is 3.76. The van der Waals surface area contributed by atoms with E-state index in [1.54, 1.807) is 0 Å². The quantitative estimate of drug-likeness (QED) is 0.408. The molecule has 0 aliphatic rings. The summed E-state index contributed by atoms with van der Waals surface area (Å²) in [6, 6.07) is 2.36. The molecule has 0 saturated carbocycles.